The molecule has 6 heteroatoms. The van der Waals surface area contributed by atoms with Crippen molar-refractivity contribution in [1.29, 1.82) is 0 Å². The highest BCUT2D eigenvalue weighted by molar-refractivity contribution is 5.91. The van der Waals surface area contributed by atoms with Gasteiger partial charge in [0.15, 0.2) is 0 Å². The fourth-order valence-corrected chi connectivity index (χ4v) is 1.85. The van der Waals surface area contributed by atoms with Gasteiger partial charge in [-0.2, -0.15) is 5.10 Å². The van der Waals surface area contributed by atoms with Gasteiger partial charge in [0, 0.05) is 18.3 Å². The molecular formula is C15H19N3O3. The number of nitrogens with two attached hydrogens (primary N) is 1. The van der Waals surface area contributed by atoms with E-state index in [0.717, 1.165) is 12.1 Å². The van der Waals surface area contributed by atoms with Crippen LogP contribution in [0.4, 0.5) is 5.69 Å². The van der Waals surface area contributed by atoms with Gasteiger partial charge in [0.1, 0.15) is 12.4 Å². The molecule has 0 bridgehead atoms. The summed E-state index contributed by atoms with van der Waals surface area (Å²) in [6, 6.07) is 4.87. The number of nitrogens with zero attached hydrogens (tertiary/aromatic N) is 2. The van der Waals surface area contributed by atoms with E-state index in [9.17, 15) is 4.79 Å². The van der Waals surface area contributed by atoms with E-state index in [-0.39, 0.29) is 6.61 Å². The third-order valence-corrected chi connectivity index (χ3v) is 2.93. The molecule has 2 aromatic rings. The molecule has 0 fully saturated rings. The molecule has 0 radical (unpaired) electrons. The van der Waals surface area contributed by atoms with E-state index >= 15 is 0 Å². The Bertz CT molecular complexity index is 622. The maximum atomic E-state index is 12.0. The van der Waals surface area contributed by atoms with Crippen LogP contribution >= 0.6 is 0 Å². The average Bonchev–Trinajstić information content (AvgIpc) is 2.95. The molecule has 0 amide bonds. The number of aryl methyl sites for hydroxylation is 1. The van der Waals surface area contributed by atoms with E-state index in [1.165, 1.54) is 0 Å². The van der Waals surface area contributed by atoms with Crippen LogP contribution in [0.5, 0.6) is 5.75 Å². The number of hydrogen-bond donors (Lipinski definition) is 1. The van der Waals surface area contributed by atoms with Crippen molar-refractivity contribution in [3.8, 4) is 5.75 Å². The third-order valence-electron chi connectivity index (χ3n) is 2.93. The van der Waals surface area contributed by atoms with Crippen molar-refractivity contribution >= 4 is 11.7 Å². The van der Waals surface area contributed by atoms with Crippen LogP contribution < -0.4 is 10.5 Å². The second-order valence-corrected chi connectivity index (χ2v) is 4.47. The first kappa shape index (κ1) is 14.9. The number of aromatic nitrogens is 2. The molecule has 0 unspecified atom stereocenters. The lowest BCUT2D eigenvalue weighted by Crippen LogP contribution is -2.06. The molecule has 6 nitrogen and oxygen atoms in total. The quantitative estimate of drug-likeness (QED) is 0.651. The van der Waals surface area contributed by atoms with Gasteiger partial charge in [0.05, 0.1) is 24.1 Å². The van der Waals surface area contributed by atoms with Gasteiger partial charge in [0.25, 0.3) is 0 Å². The summed E-state index contributed by atoms with van der Waals surface area (Å²) in [7, 11) is 0. The molecule has 0 spiro atoms. The van der Waals surface area contributed by atoms with Gasteiger partial charge >= 0.3 is 5.97 Å². The van der Waals surface area contributed by atoms with Crippen LogP contribution in [0.3, 0.4) is 0 Å². The first-order chi connectivity index (χ1) is 10.1. The molecule has 0 aliphatic carbocycles. The molecule has 1 aromatic heterocycles. The Morgan fingerprint density at radius 3 is 2.81 bits per heavy atom. The van der Waals surface area contributed by atoms with Crippen molar-refractivity contribution in [3.63, 3.8) is 0 Å². The van der Waals surface area contributed by atoms with Crippen LogP contribution in [0.15, 0.2) is 30.6 Å². The predicted octanol–water partition coefficient (Wildman–Crippen LogP) is 2.24. The molecule has 2 N–H and O–H groups in total. The third kappa shape index (κ3) is 3.75. The fraction of sp³-hybridized carbons (Fsp3) is 0.333. The van der Waals surface area contributed by atoms with Crippen molar-refractivity contribution in [3.05, 3.63) is 41.7 Å². The maximum absolute atomic E-state index is 12.0. The van der Waals surface area contributed by atoms with Gasteiger partial charge < -0.3 is 15.2 Å². The normalized spacial score (nSPS) is 10.4. The Balaban J connectivity index is 1.98. The van der Waals surface area contributed by atoms with Crippen molar-refractivity contribution in [2.45, 2.75) is 27.0 Å². The van der Waals surface area contributed by atoms with E-state index in [1.807, 2.05) is 20.0 Å². The van der Waals surface area contributed by atoms with Gasteiger partial charge in [-0.1, -0.05) is 0 Å². The number of carbonyl (C=O) groups is 1. The molecular weight excluding hydrogens is 270 g/mol. The Morgan fingerprint density at radius 1 is 1.38 bits per heavy atom. The minimum absolute atomic E-state index is 0.186. The van der Waals surface area contributed by atoms with Gasteiger partial charge in [-0.05, 0) is 32.0 Å². The zero-order valence-electron chi connectivity index (χ0n) is 12.2. The Morgan fingerprint density at radius 2 is 2.19 bits per heavy atom. The van der Waals surface area contributed by atoms with Crippen molar-refractivity contribution in [1.82, 2.24) is 9.78 Å². The first-order valence-electron chi connectivity index (χ1n) is 6.84. The predicted molar refractivity (Wildman–Crippen MR) is 79.0 cm³/mol. The van der Waals surface area contributed by atoms with Crippen molar-refractivity contribution in [2.75, 3.05) is 12.3 Å². The maximum Gasteiger partial charge on any atom is 0.338 e. The smallest absolute Gasteiger partial charge is 0.338 e. The minimum atomic E-state index is -0.422. The van der Waals surface area contributed by atoms with Gasteiger partial charge in [-0.15, -0.1) is 0 Å². The van der Waals surface area contributed by atoms with E-state index in [2.05, 4.69) is 5.10 Å². The number of carbonyl (C=O) groups excluding carboxylic acids is 1. The first-order valence-corrected chi connectivity index (χ1v) is 6.84. The van der Waals surface area contributed by atoms with E-state index in [4.69, 9.17) is 15.2 Å². The number of esters is 1. The van der Waals surface area contributed by atoms with Gasteiger partial charge in [-0.25, -0.2) is 4.79 Å². The van der Waals surface area contributed by atoms with Crippen LogP contribution in [0.25, 0.3) is 0 Å². The summed E-state index contributed by atoms with van der Waals surface area (Å²) in [5.74, 6) is 0.146. The lowest BCUT2D eigenvalue weighted by molar-refractivity contribution is 0.0472. The molecule has 0 atom stereocenters. The summed E-state index contributed by atoms with van der Waals surface area (Å²) in [6.45, 7) is 5.36. The number of benzene rings is 1. The highest BCUT2D eigenvalue weighted by atomic mass is 16.5. The molecule has 1 heterocycles. The second-order valence-electron chi connectivity index (χ2n) is 4.47. The molecule has 112 valence electrons. The lowest BCUT2D eigenvalue weighted by atomic mass is 10.2. The number of ether oxygens (including phenoxy) is 2. The van der Waals surface area contributed by atoms with Gasteiger partial charge in [0.2, 0.25) is 0 Å². The van der Waals surface area contributed by atoms with Crippen LogP contribution in [-0.2, 0) is 17.9 Å². The number of rotatable bonds is 6. The number of hydrogen-bond acceptors (Lipinski definition) is 5. The molecule has 0 saturated heterocycles. The SMILES string of the molecule is CCOc1ccc(C(=O)OCc2cnn(CC)c2)cc1N. The zero-order valence-corrected chi connectivity index (χ0v) is 12.2. The summed E-state index contributed by atoms with van der Waals surface area (Å²) in [6.07, 6.45) is 3.53. The molecule has 2 rings (SSSR count). The number of nitrogen functional groups attached to an aromatic ring is 1. The van der Waals surface area contributed by atoms with Crippen LogP contribution in [0.2, 0.25) is 0 Å². The summed E-state index contributed by atoms with van der Waals surface area (Å²) in [5, 5.41) is 4.12. The largest absolute Gasteiger partial charge is 0.492 e. The zero-order chi connectivity index (χ0) is 15.2. The summed E-state index contributed by atoms with van der Waals surface area (Å²) in [5.41, 5.74) is 7.50. The van der Waals surface area contributed by atoms with Crippen LogP contribution in [0.1, 0.15) is 29.8 Å². The molecule has 1 aromatic carbocycles. The molecule has 21 heavy (non-hydrogen) atoms. The Hall–Kier alpha value is -2.50. The standard InChI is InChI=1S/C15H19N3O3/c1-3-18-9-11(8-17-18)10-21-15(19)12-5-6-14(20-4-2)13(16)7-12/h5-9H,3-4,10,16H2,1-2H3. The summed E-state index contributed by atoms with van der Waals surface area (Å²) in [4.78, 5) is 12.0. The highest BCUT2D eigenvalue weighted by Gasteiger charge is 2.11. The highest BCUT2D eigenvalue weighted by Crippen LogP contribution is 2.23. The monoisotopic (exact) mass is 289 g/mol. The molecule has 0 aliphatic rings. The van der Waals surface area contributed by atoms with E-state index in [1.54, 1.807) is 29.1 Å². The fourth-order valence-electron chi connectivity index (χ4n) is 1.85. The van der Waals surface area contributed by atoms with E-state index < -0.39 is 5.97 Å². The molecule has 0 saturated carbocycles. The number of anilines is 1. The minimum Gasteiger partial charge on any atom is -0.492 e. The molecule has 0 aliphatic heterocycles. The average molecular weight is 289 g/mol. The Kier molecular flexibility index (Phi) is 4.81. The summed E-state index contributed by atoms with van der Waals surface area (Å²) < 4.78 is 12.3. The lowest BCUT2D eigenvalue weighted by Gasteiger charge is -2.08. The summed E-state index contributed by atoms with van der Waals surface area (Å²) >= 11 is 0. The second kappa shape index (κ2) is 6.78. The van der Waals surface area contributed by atoms with Gasteiger partial charge in [-0.3, -0.25) is 4.68 Å². The van der Waals surface area contributed by atoms with Crippen molar-refractivity contribution in [2.24, 2.45) is 0 Å². The van der Waals surface area contributed by atoms with E-state index in [0.29, 0.717) is 23.6 Å². The topological polar surface area (TPSA) is 79.4 Å². The van der Waals surface area contributed by atoms with Crippen molar-refractivity contribution < 1.29 is 14.3 Å². The van der Waals surface area contributed by atoms with Crippen LogP contribution in [0, 0.1) is 0 Å². The Labute approximate surface area is 123 Å². The van der Waals surface area contributed by atoms with Crippen LogP contribution in [-0.4, -0.2) is 22.4 Å².